The maximum atomic E-state index is 13.7. The lowest BCUT2D eigenvalue weighted by Gasteiger charge is -2.37. The standard InChI is InChI=1S/2C33H39N5O2S/c2*1-24-20-25(2)29(22-28(24)21-26-12-14-36(15-13-26)30-9-5-4-8-27(30)23-34)33(39)38-18-16-37(17-19-38)31-10-6-7-11-32(31)41(3,35)40/h2*4-11,20,22,26,35H,12-19,21H2,1-3H3/t2*41-/m10/s1. The van der Waals surface area contributed by atoms with Crippen LogP contribution in [0.1, 0.15) is 90.9 Å². The van der Waals surface area contributed by atoms with E-state index in [0.29, 0.717) is 74.0 Å². The average molecular weight is 1140 g/mol. The van der Waals surface area contributed by atoms with Gasteiger partial charge in [0.25, 0.3) is 11.8 Å². The smallest absolute Gasteiger partial charge is 0.254 e. The third-order valence-corrected chi connectivity index (χ3v) is 19.6. The highest BCUT2D eigenvalue weighted by Gasteiger charge is 2.30. The van der Waals surface area contributed by atoms with Gasteiger partial charge in [0, 0.05) is 102 Å². The quantitative estimate of drug-likeness (QED) is 0.120. The lowest BCUT2D eigenvalue weighted by atomic mass is 9.86. The van der Waals surface area contributed by atoms with Gasteiger partial charge in [-0.2, -0.15) is 10.5 Å². The van der Waals surface area contributed by atoms with Crippen LogP contribution in [0.25, 0.3) is 0 Å². The molecule has 14 nitrogen and oxygen atoms in total. The molecule has 0 aliphatic carbocycles. The first-order valence-electron chi connectivity index (χ1n) is 28.7. The number of piperazine rings is 2. The fourth-order valence-electron chi connectivity index (χ4n) is 12.5. The highest BCUT2D eigenvalue weighted by Crippen LogP contribution is 2.34. The van der Waals surface area contributed by atoms with Crippen molar-refractivity contribution in [3.8, 4) is 12.1 Å². The summed E-state index contributed by atoms with van der Waals surface area (Å²) in [5, 5.41) is 19.0. The van der Waals surface area contributed by atoms with Gasteiger partial charge < -0.3 is 29.4 Å². The van der Waals surface area contributed by atoms with Crippen LogP contribution in [-0.2, 0) is 32.3 Å². The molecule has 4 fully saturated rings. The maximum Gasteiger partial charge on any atom is 0.254 e. The largest absolute Gasteiger partial charge is 0.370 e. The molecule has 0 unspecified atom stereocenters. The lowest BCUT2D eigenvalue weighted by Crippen LogP contribution is -2.49. The molecule has 2 amide bonds. The highest BCUT2D eigenvalue weighted by molar-refractivity contribution is 7.92. The lowest BCUT2D eigenvalue weighted by molar-refractivity contribution is 0.0738. The fourth-order valence-corrected chi connectivity index (χ4v) is 14.4. The maximum absolute atomic E-state index is 13.7. The van der Waals surface area contributed by atoms with Gasteiger partial charge in [0.05, 0.1) is 63.1 Å². The van der Waals surface area contributed by atoms with Crippen LogP contribution in [0.4, 0.5) is 22.7 Å². The molecule has 4 saturated heterocycles. The molecule has 6 aromatic carbocycles. The summed E-state index contributed by atoms with van der Waals surface area (Å²) in [7, 11) is -5.68. The number of carbonyl (C=O) groups is 2. The Labute approximate surface area is 486 Å². The molecule has 82 heavy (non-hydrogen) atoms. The van der Waals surface area contributed by atoms with Gasteiger partial charge in [-0.1, -0.05) is 60.7 Å². The summed E-state index contributed by atoms with van der Waals surface area (Å²) in [6, 6.07) is 43.7. The van der Waals surface area contributed by atoms with Gasteiger partial charge in [-0.15, -0.1) is 0 Å². The summed E-state index contributed by atoms with van der Waals surface area (Å²) in [6.45, 7) is 17.0. The van der Waals surface area contributed by atoms with Gasteiger partial charge >= 0.3 is 0 Å². The topological polar surface area (TPSA) is 183 Å². The number of para-hydroxylation sites is 4. The van der Waals surface area contributed by atoms with E-state index in [9.17, 15) is 28.5 Å². The van der Waals surface area contributed by atoms with E-state index in [0.717, 1.165) is 121 Å². The van der Waals surface area contributed by atoms with E-state index in [2.05, 4.69) is 69.9 Å². The van der Waals surface area contributed by atoms with Crippen molar-refractivity contribution < 1.29 is 18.0 Å². The van der Waals surface area contributed by atoms with Crippen LogP contribution in [0.5, 0.6) is 0 Å². The third-order valence-electron chi connectivity index (χ3n) is 17.2. The molecule has 0 spiro atoms. The average Bonchev–Trinajstić information content (AvgIpc) is 3.65. The molecule has 2 atom stereocenters. The Morgan fingerprint density at radius 1 is 0.451 bits per heavy atom. The zero-order valence-corrected chi connectivity index (χ0v) is 50.1. The normalized spacial score (nSPS) is 17.7. The number of aryl methyl sites for hydroxylation is 4. The van der Waals surface area contributed by atoms with Gasteiger partial charge in [0.15, 0.2) is 0 Å². The predicted octanol–water partition coefficient (Wildman–Crippen LogP) is 11.3. The summed E-state index contributed by atoms with van der Waals surface area (Å²) in [5.41, 5.74) is 13.7. The van der Waals surface area contributed by atoms with E-state index in [1.165, 1.54) is 34.8 Å². The molecule has 6 aromatic rings. The summed E-state index contributed by atoms with van der Waals surface area (Å²) in [6.07, 6.45) is 9.05. The van der Waals surface area contributed by atoms with E-state index in [1.807, 2.05) is 109 Å². The molecule has 4 heterocycles. The first-order chi connectivity index (χ1) is 39.3. The van der Waals surface area contributed by atoms with Crippen molar-refractivity contribution >= 4 is 54.0 Å². The zero-order chi connectivity index (χ0) is 58.3. The number of nitrogens with zero attached hydrogens (tertiary/aromatic N) is 8. The van der Waals surface area contributed by atoms with Crippen molar-refractivity contribution in [2.24, 2.45) is 11.8 Å². The SMILES string of the molecule is Cc1cc(C)c(C(=O)N2CCN(c3ccccc3[S@@](C)(=N)=O)CC2)cc1CC1CCN(c2ccccc2C#N)CC1.Cc1cc(C)c(C(=O)N2CCN(c3ccccc3[S@](C)(=N)=O)CC2)cc1CC1CCN(c2ccccc2C#N)CC1. The third kappa shape index (κ3) is 13.6. The monoisotopic (exact) mass is 1140 g/mol. The summed E-state index contributed by atoms with van der Waals surface area (Å²) >= 11 is 0. The van der Waals surface area contributed by atoms with Crippen LogP contribution in [-0.4, -0.2) is 121 Å². The number of rotatable bonds is 12. The van der Waals surface area contributed by atoms with Crippen LogP contribution in [0.15, 0.2) is 131 Å². The zero-order valence-electron chi connectivity index (χ0n) is 48.5. The number of hydrogen-bond donors (Lipinski definition) is 2. The molecule has 2 N–H and O–H groups in total. The van der Waals surface area contributed by atoms with Gasteiger partial charge in [-0.05, 0) is 172 Å². The molecule has 0 saturated carbocycles. The van der Waals surface area contributed by atoms with Gasteiger partial charge in [0.1, 0.15) is 12.1 Å². The molecule has 10 rings (SSSR count). The highest BCUT2D eigenvalue weighted by atomic mass is 32.2. The fraction of sp³-hybridized carbons (Fsp3) is 0.394. The Balaban J connectivity index is 0.000000198. The molecule has 16 heteroatoms. The van der Waals surface area contributed by atoms with Gasteiger partial charge in [-0.25, -0.2) is 18.0 Å². The Hall–Kier alpha value is -7.66. The van der Waals surface area contributed by atoms with Crippen LogP contribution >= 0.6 is 0 Å². The van der Waals surface area contributed by atoms with E-state index >= 15 is 0 Å². The second-order valence-electron chi connectivity index (χ2n) is 22.9. The van der Waals surface area contributed by atoms with E-state index in [1.54, 1.807) is 12.1 Å². The number of carbonyl (C=O) groups excluding carboxylic acids is 2. The number of nitriles is 2. The molecular weight excluding hydrogens is 1060 g/mol. The van der Waals surface area contributed by atoms with Crippen molar-refractivity contribution in [3.63, 3.8) is 0 Å². The molecule has 0 radical (unpaired) electrons. The second-order valence-corrected chi connectivity index (χ2v) is 27.1. The summed E-state index contributed by atoms with van der Waals surface area (Å²) in [5.74, 6) is 1.22. The number of anilines is 4. The Bertz CT molecular complexity index is 3390. The van der Waals surface area contributed by atoms with Crippen molar-refractivity contribution in [2.45, 2.75) is 76.0 Å². The number of piperidine rings is 2. The molecule has 4 aliphatic heterocycles. The van der Waals surface area contributed by atoms with Crippen molar-refractivity contribution in [1.29, 1.82) is 20.1 Å². The minimum absolute atomic E-state index is 0.0689. The van der Waals surface area contributed by atoms with Crippen molar-refractivity contribution in [2.75, 3.05) is 111 Å². The number of benzene rings is 6. The molecule has 0 aromatic heterocycles. The number of nitrogens with one attached hydrogen (secondary N) is 2. The number of hydrogen-bond acceptors (Lipinski definition) is 12. The van der Waals surface area contributed by atoms with E-state index in [-0.39, 0.29) is 11.8 Å². The Morgan fingerprint density at radius 3 is 1.09 bits per heavy atom. The van der Waals surface area contributed by atoms with E-state index < -0.39 is 19.5 Å². The molecular formula is C66H78N10O4S2. The molecule has 4 aliphatic rings. The molecule has 428 valence electrons. The Morgan fingerprint density at radius 2 is 0.756 bits per heavy atom. The predicted molar refractivity (Wildman–Crippen MR) is 331 cm³/mol. The first-order valence-corrected chi connectivity index (χ1v) is 32.7. The van der Waals surface area contributed by atoms with Crippen molar-refractivity contribution in [3.05, 3.63) is 177 Å². The van der Waals surface area contributed by atoms with E-state index in [4.69, 9.17) is 9.56 Å². The van der Waals surface area contributed by atoms with Crippen LogP contribution in [0.2, 0.25) is 0 Å². The second kappa shape index (κ2) is 25.6. The first kappa shape index (κ1) is 59.0. The van der Waals surface area contributed by atoms with Gasteiger partial charge in [0.2, 0.25) is 0 Å². The number of amides is 2. The minimum Gasteiger partial charge on any atom is -0.370 e. The Kier molecular flexibility index (Phi) is 18.4. The molecule has 0 bridgehead atoms. The van der Waals surface area contributed by atoms with Crippen LogP contribution < -0.4 is 19.6 Å². The summed E-state index contributed by atoms with van der Waals surface area (Å²) < 4.78 is 41.2. The minimum atomic E-state index is -2.84. The van der Waals surface area contributed by atoms with Crippen molar-refractivity contribution in [1.82, 2.24) is 9.80 Å². The van der Waals surface area contributed by atoms with Crippen LogP contribution in [0.3, 0.4) is 0 Å². The summed E-state index contributed by atoms with van der Waals surface area (Å²) in [4.78, 5) is 41.3. The van der Waals surface area contributed by atoms with Gasteiger partial charge in [-0.3, -0.25) is 9.59 Å². The van der Waals surface area contributed by atoms with Crippen LogP contribution in [0, 0.1) is 71.8 Å².